The van der Waals surface area contributed by atoms with Gasteiger partial charge in [0, 0.05) is 15.0 Å². The van der Waals surface area contributed by atoms with Gasteiger partial charge in [-0.05, 0) is 54.9 Å². The molecule has 0 saturated heterocycles. The van der Waals surface area contributed by atoms with Gasteiger partial charge in [0.1, 0.15) is 0 Å². The smallest absolute Gasteiger partial charge is 0.0901 e. The van der Waals surface area contributed by atoms with Crippen LogP contribution in [0.15, 0.2) is 22.7 Å². The van der Waals surface area contributed by atoms with Crippen LogP contribution in [0.5, 0.6) is 0 Å². The van der Waals surface area contributed by atoms with Gasteiger partial charge >= 0.3 is 0 Å². The summed E-state index contributed by atoms with van der Waals surface area (Å²) in [4.78, 5) is 5.82. The third-order valence-electron chi connectivity index (χ3n) is 2.65. The lowest BCUT2D eigenvalue weighted by molar-refractivity contribution is 0.837. The maximum atomic E-state index is 6.08. The fourth-order valence-corrected chi connectivity index (χ4v) is 3.19. The van der Waals surface area contributed by atoms with Crippen LogP contribution in [0.2, 0.25) is 5.02 Å². The molecule has 0 fully saturated rings. The highest BCUT2D eigenvalue weighted by atomic mass is 79.9. The zero-order valence-corrected chi connectivity index (χ0v) is 13.6. The minimum atomic E-state index is 0.173. The van der Waals surface area contributed by atoms with E-state index in [1.165, 1.54) is 4.88 Å². The maximum Gasteiger partial charge on any atom is 0.0901 e. The van der Waals surface area contributed by atoms with Crippen LogP contribution in [0, 0.1) is 13.8 Å². The Morgan fingerprint density at radius 2 is 2.11 bits per heavy atom. The van der Waals surface area contributed by atoms with E-state index in [0.717, 1.165) is 20.9 Å². The number of anilines is 1. The quantitative estimate of drug-likeness (QED) is 0.811. The first-order valence-corrected chi connectivity index (χ1v) is 7.61. The molecule has 0 saturated carbocycles. The van der Waals surface area contributed by atoms with Crippen LogP contribution >= 0.6 is 38.9 Å². The average molecular weight is 346 g/mol. The fourth-order valence-electron chi connectivity index (χ4n) is 1.85. The van der Waals surface area contributed by atoms with Crippen molar-refractivity contribution in [2.45, 2.75) is 26.8 Å². The van der Waals surface area contributed by atoms with Gasteiger partial charge in [0.15, 0.2) is 0 Å². The fraction of sp³-hybridized carbons (Fsp3) is 0.308. The van der Waals surface area contributed by atoms with E-state index in [0.29, 0.717) is 5.02 Å². The topological polar surface area (TPSA) is 24.9 Å². The summed E-state index contributed by atoms with van der Waals surface area (Å²) in [5.74, 6) is 0. The normalized spacial score (nSPS) is 12.5. The van der Waals surface area contributed by atoms with Crippen molar-refractivity contribution in [3.63, 3.8) is 0 Å². The van der Waals surface area contributed by atoms with E-state index in [4.69, 9.17) is 11.6 Å². The Labute approximate surface area is 125 Å². The van der Waals surface area contributed by atoms with Gasteiger partial charge in [-0.15, -0.1) is 11.3 Å². The lowest BCUT2D eigenvalue weighted by atomic mass is 10.2. The van der Waals surface area contributed by atoms with Crippen molar-refractivity contribution >= 4 is 44.6 Å². The van der Waals surface area contributed by atoms with Gasteiger partial charge < -0.3 is 5.32 Å². The average Bonchev–Trinajstić information content (AvgIpc) is 2.63. The number of aromatic nitrogens is 1. The van der Waals surface area contributed by atoms with E-state index in [-0.39, 0.29) is 6.04 Å². The summed E-state index contributed by atoms with van der Waals surface area (Å²) in [5, 5.41) is 5.23. The molecule has 1 heterocycles. The van der Waals surface area contributed by atoms with Gasteiger partial charge in [0.05, 0.1) is 21.8 Å². The lowest BCUT2D eigenvalue weighted by Crippen LogP contribution is -2.08. The number of rotatable bonds is 3. The van der Waals surface area contributed by atoms with Gasteiger partial charge in [0.25, 0.3) is 0 Å². The molecule has 2 nitrogen and oxygen atoms in total. The van der Waals surface area contributed by atoms with E-state index in [9.17, 15) is 0 Å². The minimum absolute atomic E-state index is 0.173. The molecule has 1 aromatic carbocycles. The van der Waals surface area contributed by atoms with Crippen LogP contribution < -0.4 is 5.32 Å². The Balaban J connectivity index is 2.18. The van der Waals surface area contributed by atoms with E-state index in [2.05, 4.69) is 40.1 Å². The van der Waals surface area contributed by atoms with Crippen LogP contribution in [0.1, 0.15) is 28.5 Å². The molecule has 0 bridgehead atoms. The summed E-state index contributed by atoms with van der Waals surface area (Å²) < 4.78 is 0.906. The van der Waals surface area contributed by atoms with Crippen LogP contribution in [0.25, 0.3) is 0 Å². The van der Waals surface area contributed by atoms with Gasteiger partial charge in [-0.25, -0.2) is 4.98 Å². The van der Waals surface area contributed by atoms with E-state index in [1.807, 2.05) is 25.1 Å². The van der Waals surface area contributed by atoms with Gasteiger partial charge in [0.2, 0.25) is 0 Å². The third kappa shape index (κ3) is 3.05. The van der Waals surface area contributed by atoms with E-state index >= 15 is 0 Å². The molecule has 5 heteroatoms. The summed E-state index contributed by atoms with van der Waals surface area (Å²) in [6, 6.07) is 6.03. The monoisotopic (exact) mass is 344 g/mol. The number of hydrogen-bond donors (Lipinski definition) is 1. The van der Waals surface area contributed by atoms with Crippen LogP contribution in [-0.4, -0.2) is 4.98 Å². The molecule has 2 aromatic rings. The van der Waals surface area contributed by atoms with Crippen molar-refractivity contribution in [1.29, 1.82) is 0 Å². The van der Waals surface area contributed by atoms with Crippen molar-refractivity contribution in [3.05, 3.63) is 43.3 Å². The zero-order chi connectivity index (χ0) is 13.3. The summed E-state index contributed by atoms with van der Waals surface area (Å²) >= 11 is 11.2. The predicted molar refractivity (Wildman–Crippen MR) is 82.8 cm³/mol. The lowest BCUT2D eigenvalue weighted by Gasteiger charge is -2.14. The molecule has 0 amide bonds. The van der Waals surface area contributed by atoms with Crippen LogP contribution in [-0.2, 0) is 0 Å². The molecular formula is C13H14BrClN2S. The predicted octanol–water partition coefficient (Wildman–Crippen LogP) is 5.35. The molecule has 1 unspecified atom stereocenters. The number of nitrogens with zero attached hydrogens (tertiary/aromatic N) is 1. The second-order valence-corrected chi connectivity index (χ2v) is 6.84. The molecule has 1 aromatic heterocycles. The third-order valence-corrected chi connectivity index (χ3v) is 4.79. The molecule has 18 heavy (non-hydrogen) atoms. The molecule has 0 aliphatic carbocycles. The Bertz CT molecular complexity index is 568. The Kier molecular flexibility index (Phi) is 4.30. The van der Waals surface area contributed by atoms with Crippen molar-refractivity contribution in [3.8, 4) is 0 Å². The SMILES string of the molecule is Cc1nc(C(C)Nc2ccc(Br)c(Cl)c2)c(C)s1. The second kappa shape index (κ2) is 5.59. The number of hydrogen-bond acceptors (Lipinski definition) is 3. The summed E-state index contributed by atoms with van der Waals surface area (Å²) in [6.45, 7) is 6.24. The van der Waals surface area contributed by atoms with Crippen molar-refractivity contribution < 1.29 is 0 Å². The first-order chi connectivity index (χ1) is 8.47. The van der Waals surface area contributed by atoms with E-state index < -0.39 is 0 Å². The van der Waals surface area contributed by atoms with Gasteiger partial charge in [-0.2, -0.15) is 0 Å². The molecule has 1 N–H and O–H groups in total. The first-order valence-electron chi connectivity index (χ1n) is 5.63. The molecule has 0 aliphatic rings. The van der Waals surface area contributed by atoms with Crippen molar-refractivity contribution in [2.24, 2.45) is 0 Å². The minimum Gasteiger partial charge on any atom is -0.377 e. The molecule has 0 radical (unpaired) electrons. The highest BCUT2D eigenvalue weighted by Crippen LogP contribution is 2.29. The van der Waals surface area contributed by atoms with Crippen molar-refractivity contribution in [1.82, 2.24) is 4.98 Å². The van der Waals surface area contributed by atoms with Crippen LogP contribution in [0.4, 0.5) is 5.69 Å². The number of thiazole rings is 1. The van der Waals surface area contributed by atoms with Gasteiger partial charge in [-0.3, -0.25) is 0 Å². The molecule has 0 spiro atoms. The highest BCUT2D eigenvalue weighted by Gasteiger charge is 2.13. The Hall–Kier alpha value is -0.580. The van der Waals surface area contributed by atoms with Crippen molar-refractivity contribution in [2.75, 3.05) is 5.32 Å². The maximum absolute atomic E-state index is 6.08. The number of benzene rings is 1. The first kappa shape index (κ1) is 13.8. The number of nitrogens with one attached hydrogen (secondary N) is 1. The molecular weight excluding hydrogens is 332 g/mol. The Morgan fingerprint density at radius 1 is 1.39 bits per heavy atom. The molecule has 1 atom stereocenters. The van der Waals surface area contributed by atoms with Gasteiger partial charge in [-0.1, -0.05) is 11.6 Å². The second-order valence-electron chi connectivity index (χ2n) is 4.17. The zero-order valence-electron chi connectivity index (χ0n) is 10.4. The standard InChI is InChI=1S/C13H14BrClN2S/c1-7(13-8(2)18-9(3)17-13)16-10-4-5-11(14)12(15)6-10/h4-7,16H,1-3H3. The highest BCUT2D eigenvalue weighted by molar-refractivity contribution is 9.10. The summed E-state index contributed by atoms with van der Waals surface area (Å²) in [5.41, 5.74) is 2.11. The summed E-state index contributed by atoms with van der Waals surface area (Å²) in [6.07, 6.45) is 0. The molecule has 2 rings (SSSR count). The van der Waals surface area contributed by atoms with E-state index in [1.54, 1.807) is 11.3 Å². The summed E-state index contributed by atoms with van der Waals surface area (Å²) in [7, 11) is 0. The molecule has 0 aliphatic heterocycles. The Morgan fingerprint density at radius 3 is 2.67 bits per heavy atom. The molecule has 96 valence electrons. The number of aryl methyl sites for hydroxylation is 2. The number of halogens is 2. The largest absolute Gasteiger partial charge is 0.377 e. The van der Waals surface area contributed by atoms with Crippen LogP contribution in [0.3, 0.4) is 0 Å².